The van der Waals surface area contributed by atoms with Crippen molar-refractivity contribution in [1.29, 1.82) is 0 Å². The molecule has 0 radical (unpaired) electrons. The predicted octanol–water partition coefficient (Wildman–Crippen LogP) is 3.72. The van der Waals surface area contributed by atoms with E-state index in [0.717, 1.165) is 12.8 Å². The minimum atomic E-state index is -0.922. The normalized spacial score (nSPS) is 12.5. The molecule has 0 spiro atoms. The van der Waals surface area contributed by atoms with Crippen LogP contribution in [-0.4, -0.2) is 40.3 Å². The van der Waals surface area contributed by atoms with E-state index >= 15 is 0 Å². The van der Waals surface area contributed by atoms with E-state index in [1.165, 1.54) is 10.5 Å². The third-order valence-electron chi connectivity index (χ3n) is 3.42. The number of carboxylic acids is 1. The molecule has 1 N–H and O–H groups in total. The number of carboxylic acid groups (broad SMARTS) is 1. The van der Waals surface area contributed by atoms with Crippen LogP contribution in [0.1, 0.15) is 46.1 Å². The Labute approximate surface area is 138 Å². The number of ether oxygens (including phenoxy) is 1. The Morgan fingerprint density at radius 1 is 1.22 bits per heavy atom. The van der Waals surface area contributed by atoms with Crippen molar-refractivity contribution in [2.75, 3.05) is 6.54 Å². The molecule has 1 aromatic carbocycles. The standard InChI is InChI=1S/C18H27NO4/c1-14(10-11-15-8-6-5-7-9-15)19(13-12-16(20)21)17(22)23-18(2,3)4/h5-9,14H,10-13H2,1-4H3,(H,20,21)/t14-/m0/s1. The van der Waals surface area contributed by atoms with Crippen LogP contribution in [-0.2, 0) is 16.0 Å². The van der Waals surface area contributed by atoms with Gasteiger partial charge in [0.25, 0.3) is 0 Å². The monoisotopic (exact) mass is 321 g/mol. The summed E-state index contributed by atoms with van der Waals surface area (Å²) in [5, 5.41) is 8.89. The molecule has 128 valence electrons. The van der Waals surface area contributed by atoms with E-state index in [9.17, 15) is 9.59 Å². The number of amides is 1. The molecule has 5 heteroatoms. The molecule has 0 aliphatic heterocycles. The molecule has 0 aliphatic carbocycles. The Hall–Kier alpha value is -2.04. The third kappa shape index (κ3) is 7.68. The molecular formula is C18H27NO4. The largest absolute Gasteiger partial charge is 0.481 e. The van der Waals surface area contributed by atoms with Gasteiger partial charge in [-0.1, -0.05) is 30.3 Å². The zero-order valence-electron chi connectivity index (χ0n) is 14.4. The summed E-state index contributed by atoms with van der Waals surface area (Å²) in [6.45, 7) is 7.48. The summed E-state index contributed by atoms with van der Waals surface area (Å²) < 4.78 is 5.40. The number of aryl methyl sites for hydroxylation is 1. The van der Waals surface area contributed by atoms with Crippen molar-refractivity contribution in [3.63, 3.8) is 0 Å². The molecule has 0 saturated carbocycles. The summed E-state index contributed by atoms with van der Waals surface area (Å²) in [6, 6.07) is 9.92. The van der Waals surface area contributed by atoms with Gasteiger partial charge in [0.1, 0.15) is 5.60 Å². The van der Waals surface area contributed by atoms with Gasteiger partial charge < -0.3 is 14.7 Å². The Kier molecular flexibility index (Phi) is 7.07. The first kappa shape index (κ1) is 19.0. The minimum absolute atomic E-state index is 0.0884. The second-order valence-electron chi connectivity index (χ2n) is 6.69. The quantitative estimate of drug-likeness (QED) is 0.831. The van der Waals surface area contributed by atoms with Gasteiger partial charge >= 0.3 is 12.1 Å². The molecule has 1 aromatic rings. The maximum absolute atomic E-state index is 12.3. The lowest BCUT2D eigenvalue weighted by Crippen LogP contribution is -2.43. The molecule has 1 amide bonds. The number of hydrogen-bond acceptors (Lipinski definition) is 3. The maximum Gasteiger partial charge on any atom is 0.410 e. The lowest BCUT2D eigenvalue weighted by Gasteiger charge is -2.31. The highest BCUT2D eigenvalue weighted by atomic mass is 16.6. The van der Waals surface area contributed by atoms with Crippen molar-refractivity contribution in [3.8, 4) is 0 Å². The fourth-order valence-electron chi connectivity index (χ4n) is 2.20. The van der Waals surface area contributed by atoms with Crippen LogP contribution in [0.15, 0.2) is 30.3 Å². The zero-order valence-corrected chi connectivity index (χ0v) is 14.4. The van der Waals surface area contributed by atoms with Gasteiger partial charge in [-0.3, -0.25) is 4.79 Å². The predicted molar refractivity (Wildman–Crippen MR) is 89.4 cm³/mol. The summed E-state index contributed by atoms with van der Waals surface area (Å²) in [5.74, 6) is -0.922. The number of aliphatic carboxylic acids is 1. The minimum Gasteiger partial charge on any atom is -0.481 e. The van der Waals surface area contributed by atoms with Gasteiger partial charge in [-0.15, -0.1) is 0 Å². The van der Waals surface area contributed by atoms with Crippen LogP contribution in [0.3, 0.4) is 0 Å². The summed E-state index contributed by atoms with van der Waals surface area (Å²) in [4.78, 5) is 24.7. The zero-order chi connectivity index (χ0) is 17.5. The van der Waals surface area contributed by atoms with Crippen molar-refractivity contribution >= 4 is 12.1 Å². The second-order valence-corrected chi connectivity index (χ2v) is 6.69. The number of carbonyl (C=O) groups is 2. The molecule has 1 rings (SSSR count). The number of benzene rings is 1. The third-order valence-corrected chi connectivity index (χ3v) is 3.42. The molecule has 0 aromatic heterocycles. The molecule has 0 saturated heterocycles. The average molecular weight is 321 g/mol. The number of hydrogen-bond donors (Lipinski definition) is 1. The van der Waals surface area contributed by atoms with E-state index in [1.54, 1.807) is 20.8 Å². The molecule has 1 atom stereocenters. The smallest absolute Gasteiger partial charge is 0.410 e. The Bertz CT molecular complexity index is 508. The first-order valence-electron chi connectivity index (χ1n) is 7.94. The maximum atomic E-state index is 12.3. The van der Waals surface area contributed by atoms with Crippen molar-refractivity contribution in [3.05, 3.63) is 35.9 Å². The van der Waals surface area contributed by atoms with E-state index in [4.69, 9.17) is 9.84 Å². The van der Waals surface area contributed by atoms with Gasteiger partial charge in [-0.25, -0.2) is 4.79 Å². The van der Waals surface area contributed by atoms with E-state index < -0.39 is 17.7 Å². The summed E-state index contributed by atoms with van der Waals surface area (Å²) >= 11 is 0. The van der Waals surface area contributed by atoms with Gasteiger partial charge in [-0.05, 0) is 46.1 Å². The lowest BCUT2D eigenvalue weighted by atomic mass is 10.1. The SMILES string of the molecule is C[C@@H](CCc1ccccc1)N(CCC(=O)O)C(=O)OC(C)(C)C. The first-order chi connectivity index (χ1) is 10.7. The van der Waals surface area contributed by atoms with Crippen molar-refractivity contribution in [2.45, 2.75) is 58.6 Å². The average Bonchev–Trinajstić information content (AvgIpc) is 2.44. The van der Waals surface area contributed by atoms with Crippen molar-refractivity contribution in [2.24, 2.45) is 0 Å². The van der Waals surface area contributed by atoms with Crippen LogP contribution >= 0.6 is 0 Å². The number of nitrogens with zero attached hydrogens (tertiary/aromatic N) is 1. The van der Waals surface area contributed by atoms with Gasteiger partial charge in [0.05, 0.1) is 6.42 Å². The fourth-order valence-corrected chi connectivity index (χ4v) is 2.20. The van der Waals surface area contributed by atoms with E-state index in [-0.39, 0.29) is 19.0 Å². The Morgan fingerprint density at radius 3 is 2.35 bits per heavy atom. The molecule has 0 heterocycles. The van der Waals surface area contributed by atoms with Crippen LogP contribution in [0, 0.1) is 0 Å². The van der Waals surface area contributed by atoms with Gasteiger partial charge in [0.2, 0.25) is 0 Å². The second kappa shape index (κ2) is 8.56. The molecule has 5 nitrogen and oxygen atoms in total. The van der Waals surface area contributed by atoms with Gasteiger partial charge in [-0.2, -0.15) is 0 Å². The van der Waals surface area contributed by atoms with E-state index in [1.807, 2.05) is 37.3 Å². The lowest BCUT2D eigenvalue weighted by molar-refractivity contribution is -0.137. The topological polar surface area (TPSA) is 66.8 Å². The van der Waals surface area contributed by atoms with Crippen molar-refractivity contribution in [1.82, 2.24) is 4.90 Å². The molecule has 0 fully saturated rings. The van der Waals surface area contributed by atoms with Crippen LogP contribution in [0.5, 0.6) is 0 Å². The fraction of sp³-hybridized carbons (Fsp3) is 0.556. The summed E-state index contributed by atoms with van der Waals surface area (Å²) in [7, 11) is 0. The highest BCUT2D eigenvalue weighted by molar-refractivity contribution is 5.71. The van der Waals surface area contributed by atoms with Crippen LogP contribution in [0.25, 0.3) is 0 Å². The summed E-state index contributed by atoms with van der Waals surface area (Å²) in [6.07, 6.45) is 1.03. The highest BCUT2D eigenvalue weighted by Gasteiger charge is 2.26. The first-order valence-corrected chi connectivity index (χ1v) is 7.94. The molecule has 0 unspecified atom stereocenters. The highest BCUT2D eigenvalue weighted by Crippen LogP contribution is 2.16. The van der Waals surface area contributed by atoms with Crippen LogP contribution < -0.4 is 0 Å². The van der Waals surface area contributed by atoms with E-state index in [2.05, 4.69) is 0 Å². The van der Waals surface area contributed by atoms with Crippen LogP contribution in [0.2, 0.25) is 0 Å². The molecular weight excluding hydrogens is 294 g/mol. The van der Waals surface area contributed by atoms with E-state index in [0.29, 0.717) is 0 Å². The number of carbonyl (C=O) groups excluding carboxylic acids is 1. The van der Waals surface area contributed by atoms with Crippen LogP contribution in [0.4, 0.5) is 4.79 Å². The van der Waals surface area contributed by atoms with Gasteiger partial charge in [0, 0.05) is 12.6 Å². The number of rotatable bonds is 7. The molecule has 0 bridgehead atoms. The molecule has 23 heavy (non-hydrogen) atoms. The Balaban J connectivity index is 2.69. The molecule has 0 aliphatic rings. The summed E-state index contributed by atoms with van der Waals surface area (Å²) in [5.41, 5.74) is 0.597. The van der Waals surface area contributed by atoms with Gasteiger partial charge in [0.15, 0.2) is 0 Å². The van der Waals surface area contributed by atoms with Crippen molar-refractivity contribution < 1.29 is 19.4 Å². The Morgan fingerprint density at radius 2 is 1.83 bits per heavy atom.